The van der Waals surface area contributed by atoms with Crippen molar-refractivity contribution in [1.82, 2.24) is 10.3 Å². The van der Waals surface area contributed by atoms with Crippen LogP contribution in [0.1, 0.15) is 13.8 Å². The van der Waals surface area contributed by atoms with Gasteiger partial charge in [0.1, 0.15) is 10.7 Å². The minimum absolute atomic E-state index is 0.0170. The van der Waals surface area contributed by atoms with Crippen molar-refractivity contribution in [2.75, 3.05) is 18.4 Å². The van der Waals surface area contributed by atoms with Crippen LogP contribution in [0.2, 0.25) is 0 Å². The third-order valence-electron chi connectivity index (χ3n) is 2.05. The molecule has 0 aliphatic heterocycles. The van der Waals surface area contributed by atoms with Crippen LogP contribution < -0.4 is 15.8 Å². The minimum atomic E-state index is -3.66. The van der Waals surface area contributed by atoms with E-state index in [9.17, 15) is 8.42 Å². The summed E-state index contributed by atoms with van der Waals surface area (Å²) >= 11 is 0. The lowest BCUT2D eigenvalue weighted by molar-refractivity contribution is 0.597. The Morgan fingerprint density at radius 3 is 2.53 bits per heavy atom. The van der Waals surface area contributed by atoms with Gasteiger partial charge in [-0.3, -0.25) is 0 Å². The zero-order chi connectivity index (χ0) is 12.9. The predicted octanol–water partition coefficient (Wildman–Crippen LogP) is 0.139. The summed E-state index contributed by atoms with van der Waals surface area (Å²) in [5.41, 5.74) is 0. The molecule has 0 atom stereocenters. The number of aromatic nitrogens is 1. The molecule has 0 spiro atoms. The summed E-state index contributed by atoms with van der Waals surface area (Å²) in [6, 6.07) is 3.46. The number of hydrogen-bond donors (Lipinski definition) is 3. The van der Waals surface area contributed by atoms with Gasteiger partial charge in [0, 0.05) is 25.3 Å². The number of primary sulfonamides is 1. The number of nitrogens with two attached hydrogens (primary N) is 1. The van der Waals surface area contributed by atoms with Crippen molar-refractivity contribution in [2.45, 2.75) is 24.8 Å². The van der Waals surface area contributed by atoms with Gasteiger partial charge in [0.15, 0.2) is 0 Å². The number of nitrogens with zero attached hydrogens (tertiary/aromatic N) is 1. The highest BCUT2D eigenvalue weighted by Gasteiger charge is 2.07. The van der Waals surface area contributed by atoms with Gasteiger partial charge >= 0.3 is 0 Å². The topological polar surface area (TPSA) is 97.1 Å². The molecule has 0 saturated heterocycles. The van der Waals surface area contributed by atoms with Gasteiger partial charge < -0.3 is 10.6 Å². The van der Waals surface area contributed by atoms with Gasteiger partial charge in [-0.05, 0) is 12.1 Å². The zero-order valence-corrected chi connectivity index (χ0v) is 10.8. The fourth-order valence-electron chi connectivity index (χ4n) is 1.20. The molecule has 0 amide bonds. The van der Waals surface area contributed by atoms with Crippen LogP contribution in [0.25, 0.3) is 0 Å². The Labute approximate surface area is 102 Å². The van der Waals surface area contributed by atoms with E-state index in [0.717, 1.165) is 13.1 Å². The molecule has 0 saturated carbocycles. The van der Waals surface area contributed by atoms with Crippen molar-refractivity contribution in [3.05, 3.63) is 18.3 Å². The van der Waals surface area contributed by atoms with E-state index in [1.54, 1.807) is 6.07 Å². The van der Waals surface area contributed by atoms with Crippen LogP contribution in [-0.2, 0) is 10.0 Å². The van der Waals surface area contributed by atoms with Crippen LogP contribution in [0.4, 0.5) is 5.82 Å². The van der Waals surface area contributed by atoms with Crippen molar-refractivity contribution in [3.63, 3.8) is 0 Å². The molecule has 1 aromatic heterocycles. The number of rotatable bonds is 6. The molecule has 1 aromatic rings. The van der Waals surface area contributed by atoms with E-state index >= 15 is 0 Å². The summed E-state index contributed by atoms with van der Waals surface area (Å²) in [4.78, 5) is 3.98. The molecule has 4 N–H and O–H groups in total. The summed E-state index contributed by atoms with van der Waals surface area (Å²) in [6.45, 7) is 5.68. The second-order valence-corrected chi connectivity index (χ2v) is 5.52. The molecule has 0 aliphatic rings. The molecule has 0 aromatic carbocycles. The third-order valence-corrected chi connectivity index (χ3v) is 2.95. The number of nitrogens with one attached hydrogen (secondary N) is 2. The van der Waals surface area contributed by atoms with Crippen molar-refractivity contribution in [2.24, 2.45) is 5.14 Å². The summed E-state index contributed by atoms with van der Waals surface area (Å²) < 4.78 is 22.0. The minimum Gasteiger partial charge on any atom is -0.369 e. The average Bonchev–Trinajstić information content (AvgIpc) is 2.23. The van der Waals surface area contributed by atoms with E-state index in [1.165, 1.54) is 12.3 Å². The SMILES string of the molecule is CC(C)NCCNc1ccc(S(N)(=O)=O)cn1. The van der Waals surface area contributed by atoms with Crippen molar-refractivity contribution in [3.8, 4) is 0 Å². The third kappa shape index (κ3) is 5.12. The molecule has 0 radical (unpaired) electrons. The smallest absolute Gasteiger partial charge is 0.239 e. The highest BCUT2D eigenvalue weighted by atomic mass is 32.2. The second-order valence-electron chi connectivity index (χ2n) is 3.96. The Morgan fingerprint density at radius 1 is 1.35 bits per heavy atom. The maximum absolute atomic E-state index is 11.0. The summed E-state index contributed by atoms with van der Waals surface area (Å²) in [7, 11) is -3.66. The normalized spacial score (nSPS) is 11.8. The monoisotopic (exact) mass is 258 g/mol. The standard InChI is InChI=1S/C10H18N4O2S/c1-8(2)12-5-6-13-10-4-3-9(7-14-10)17(11,15)16/h3-4,7-8,12H,5-6H2,1-2H3,(H,13,14)(H2,11,15,16). The van der Waals surface area contributed by atoms with Crippen LogP contribution in [-0.4, -0.2) is 32.5 Å². The van der Waals surface area contributed by atoms with Crippen LogP contribution >= 0.6 is 0 Å². The largest absolute Gasteiger partial charge is 0.369 e. The van der Waals surface area contributed by atoms with Gasteiger partial charge in [0.05, 0.1) is 0 Å². The van der Waals surface area contributed by atoms with Crippen molar-refractivity contribution < 1.29 is 8.42 Å². The molecule has 1 heterocycles. The summed E-state index contributed by atoms with van der Waals surface area (Å²) in [6.07, 6.45) is 1.24. The van der Waals surface area contributed by atoms with E-state index in [0.29, 0.717) is 11.9 Å². The van der Waals surface area contributed by atoms with Gasteiger partial charge in [-0.25, -0.2) is 18.5 Å². The maximum atomic E-state index is 11.0. The van der Waals surface area contributed by atoms with Gasteiger partial charge in [-0.2, -0.15) is 0 Å². The van der Waals surface area contributed by atoms with E-state index < -0.39 is 10.0 Å². The Balaban J connectivity index is 2.46. The summed E-state index contributed by atoms with van der Waals surface area (Å²) in [5, 5.41) is 11.3. The molecule has 96 valence electrons. The van der Waals surface area contributed by atoms with Gasteiger partial charge in [0.2, 0.25) is 10.0 Å². The Morgan fingerprint density at radius 2 is 2.06 bits per heavy atom. The van der Waals surface area contributed by atoms with E-state index in [2.05, 4.69) is 29.5 Å². The number of sulfonamides is 1. The number of hydrogen-bond acceptors (Lipinski definition) is 5. The molecule has 0 bridgehead atoms. The first-order valence-electron chi connectivity index (χ1n) is 5.35. The molecule has 0 fully saturated rings. The lowest BCUT2D eigenvalue weighted by Gasteiger charge is -2.09. The highest BCUT2D eigenvalue weighted by Crippen LogP contribution is 2.08. The van der Waals surface area contributed by atoms with E-state index in [1.807, 2.05) is 0 Å². The van der Waals surface area contributed by atoms with Crippen molar-refractivity contribution >= 4 is 15.8 Å². The van der Waals surface area contributed by atoms with Gasteiger partial charge in [-0.1, -0.05) is 13.8 Å². The number of pyridine rings is 1. The highest BCUT2D eigenvalue weighted by molar-refractivity contribution is 7.89. The van der Waals surface area contributed by atoms with Crippen LogP contribution in [0.15, 0.2) is 23.2 Å². The quantitative estimate of drug-likeness (QED) is 0.631. The van der Waals surface area contributed by atoms with Crippen LogP contribution in [0, 0.1) is 0 Å². The van der Waals surface area contributed by atoms with Gasteiger partial charge in [0.25, 0.3) is 0 Å². The molecule has 0 aliphatic carbocycles. The molecular formula is C10H18N4O2S. The fraction of sp³-hybridized carbons (Fsp3) is 0.500. The number of anilines is 1. The Bertz CT molecular complexity index is 442. The summed E-state index contributed by atoms with van der Waals surface area (Å²) in [5.74, 6) is 0.628. The first-order valence-corrected chi connectivity index (χ1v) is 6.90. The van der Waals surface area contributed by atoms with Crippen LogP contribution in [0.3, 0.4) is 0 Å². The first-order chi connectivity index (χ1) is 7.89. The van der Waals surface area contributed by atoms with Crippen molar-refractivity contribution in [1.29, 1.82) is 0 Å². The molecule has 7 heteroatoms. The first kappa shape index (κ1) is 13.9. The van der Waals surface area contributed by atoms with E-state index in [-0.39, 0.29) is 4.90 Å². The van der Waals surface area contributed by atoms with Crippen LogP contribution in [0.5, 0.6) is 0 Å². The molecule has 1 rings (SSSR count). The molecule has 6 nitrogen and oxygen atoms in total. The van der Waals surface area contributed by atoms with E-state index in [4.69, 9.17) is 5.14 Å². The molecule has 0 unspecified atom stereocenters. The average molecular weight is 258 g/mol. The lowest BCUT2D eigenvalue weighted by Crippen LogP contribution is -2.28. The second kappa shape index (κ2) is 5.95. The Hall–Kier alpha value is -1.18. The fourth-order valence-corrected chi connectivity index (χ4v) is 1.66. The molecular weight excluding hydrogens is 240 g/mol. The predicted molar refractivity (Wildman–Crippen MR) is 67.2 cm³/mol. The molecule has 17 heavy (non-hydrogen) atoms. The Kier molecular flexibility index (Phi) is 4.86. The lowest BCUT2D eigenvalue weighted by atomic mass is 10.4. The zero-order valence-electron chi connectivity index (χ0n) is 9.97. The maximum Gasteiger partial charge on any atom is 0.239 e. The van der Waals surface area contributed by atoms with Gasteiger partial charge in [-0.15, -0.1) is 0 Å².